The molecule has 1 aliphatic heterocycles. The van der Waals surface area contributed by atoms with Crippen molar-refractivity contribution < 1.29 is 4.79 Å². The summed E-state index contributed by atoms with van der Waals surface area (Å²) in [5.41, 5.74) is 2.17. The Labute approximate surface area is 145 Å². The summed E-state index contributed by atoms with van der Waals surface area (Å²) in [6.45, 7) is 7.82. The highest BCUT2D eigenvalue weighted by atomic mass is 32.1. The first-order valence-corrected chi connectivity index (χ1v) is 9.10. The Hall–Kier alpha value is -1.84. The Morgan fingerprint density at radius 2 is 2.25 bits per heavy atom. The van der Waals surface area contributed by atoms with Crippen molar-refractivity contribution in [3.05, 3.63) is 28.5 Å². The lowest BCUT2D eigenvalue weighted by molar-refractivity contribution is 0.0935. The van der Waals surface area contributed by atoms with Crippen molar-refractivity contribution in [2.75, 3.05) is 32.7 Å². The Balaban J connectivity index is 1.46. The first kappa shape index (κ1) is 17.0. The zero-order valence-electron chi connectivity index (χ0n) is 13.8. The van der Waals surface area contributed by atoms with Gasteiger partial charge in [-0.1, -0.05) is 5.21 Å². The van der Waals surface area contributed by atoms with E-state index < -0.39 is 0 Å². The molecule has 2 aromatic heterocycles. The van der Waals surface area contributed by atoms with Gasteiger partial charge in [0.2, 0.25) is 0 Å². The molecule has 0 aromatic carbocycles. The summed E-state index contributed by atoms with van der Waals surface area (Å²) >= 11 is 1.59. The number of hydrogen-bond donors (Lipinski definition) is 2. The van der Waals surface area contributed by atoms with Gasteiger partial charge in [-0.25, -0.2) is 0 Å². The number of amides is 1. The fraction of sp³-hybridized carbons (Fsp3) is 0.600. The summed E-state index contributed by atoms with van der Waals surface area (Å²) in [5, 5.41) is 14.3. The largest absolute Gasteiger partial charge is 0.348 e. The van der Waals surface area contributed by atoms with Crippen LogP contribution in [0.1, 0.15) is 22.3 Å². The van der Waals surface area contributed by atoms with Gasteiger partial charge in [0, 0.05) is 56.3 Å². The molecule has 1 aliphatic rings. The summed E-state index contributed by atoms with van der Waals surface area (Å²) in [5.74, 6) is -0.180. The number of carbonyl (C=O) groups is 1. The van der Waals surface area contributed by atoms with E-state index >= 15 is 0 Å². The highest BCUT2D eigenvalue weighted by Gasteiger charge is 2.15. The zero-order valence-corrected chi connectivity index (χ0v) is 14.6. The van der Waals surface area contributed by atoms with Crippen molar-refractivity contribution in [1.29, 1.82) is 0 Å². The van der Waals surface area contributed by atoms with Crippen molar-refractivity contribution in [2.45, 2.75) is 25.9 Å². The van der Waals surface area contributed by atoms with Crippen LogP contribution in [0, 0.1) is 0 Å². The standard InChI is InChI=1S/C15H23N7OS/c1-12(8-13-9-17-11-24-13)18-15(23)14-10-22(20-19-14)7-6-21-4-2-16-3-5-21/h9-12,16H,2-8H2,1H3,(H,18,23)/t12-/m1/s1. The van der Waals surface area contributed by atoms with E-state index in [0.29, 0.717) is 5.69 Å². The van der Waals surface area contributed by atoms with Gasteiger partial charge in [0.1, 0.15) is 0 Å². The Bertz CT molecular complexity index is 636. The quantitative estimate of drug-likeness (QED) is 0.732. The van der Waals surface area contributed by atoms with E-state index in [1.165, 1.54) is 0 Å². The SMILES string of the molecule is C[C@H](Cc1cncs1)NC(=O)c1cn(CCN2CCNCC2)nn1. The van der Waals surface area contributed by atoms with Crippen LogP contribution in [0.4, 0.5) is 0 Å². The average Bonchev–Trinajstić information content (AvgIpc) is 3.25. The molecule has 0 unspecified atom stereocenters. The minimum absolute atomic E-state index is 0.0314. The Kier molecular flexibility index (Phi) is 5.89. The summed E-state index contributed by atoms with van der Waals surface area (Å²) in [6.07, 6.45) is 4.32. The third-order valence-electron chi connectivity index (χ3n) is 3.99. The molecule has 9 heteroatoms. The van der Waals surface area contributed by atoms with E-state index in [-0.39, 0.29) is 11.9 Å². The van der Waals surface area contributed by atoms with Gasteiger partial charge < -0.3 is 10.6 Å². The van der Waals surface area contributed by atoms with Gasteiger partial charge in [0.05, 0.1) is 18.3 Å². The summed E-state index contributed by atoms with van der Waals surface area (Å²) < 4.78 is 1.74. The monoisotopic (exact) mass is 349 g/mol. The minimum atomic E-state index is -0.180. The lowest BCUT2D eigenvalue weighted by atomic mass is 10.2. The van der Waals surface area contributed by atoms with Gasteiger partial charge in [0.25, 0.3) is 5.91 Å². The highest BCUT2D eigenvalue weighted by molar-refractivity contribution is 7.09. The molecule has 2 N–H and O–H groups in total. The molecule has 0 spiro atoms. The van der Waals surface area contributed by atoms with Crippen molar-refractivity contribution in [2.24, 2.45) is 0 Å². The van der Waals surface area contributed by atoms with E-state index in [0.717, 1.165) is 50.6 Å². The molecule has 8 nitrogen and oxygen atoms in total. The fourth-order valence-corrected chi connectivity index (χ4v) is 3.41. The topological polar surface area (TPSA) is 88.0 Å². The number of thiazole rings is 1. The minimum Gasteiger partial charge on any atom is -0.348 e. The summed E-state index contributed by atoms with van der Waals surface area (Å²) in [6, 6.07) is 0.0314. The second kappa shape index (κ2) is 8.32. The normalized spacial score (nSPS) is 16.9. The number of rotatable bonds is 7. The van der Waals surface area contributed by atoms with E-state index in [4.69, 9.17) is 0 Å². The van der Waals surface area contributed by atoms with Crippen LogP contribution in [0.2, 0.25) is 0 Å². The number of nitrogens with one attached hydrogen (secondary N) is 2. The predicted molar refractivity (Wildman–Crippen MR) is 92.1 cm³/mol. The highest BCUT2D eigenvalue weighted by Crippen LogP contribution is 2.08. The molecule has 0 saturated carbocycles. The summed E-state index contributed by atoms with van der Waals surface area (Å²) in [4.78, 5) is 19.8. The van der Waals surface area contributed by atoms with Crippen molar-refractivity contribution >= 4 is 17.2 Å². The van der Waals surface area contributed by atoms with Crippen molar-refractivity contribution in [1.82, 2.24) is 35.5 Å². The zero-order chi connectivity index (χ0) is 16.8. The molecule has 3 rings (SSSR count). The average molecular weight is 349 g/mol. The maximum Gasteiger partial charge on any atom is 0.273 e. The number of hydrogen-bond acceptors (Lipinski definition) is 7. The molecule has 2 aromatic rings. The third-order valence-corrected chi connectivity index (χ3v) is 4.80. The molecule has 0 radical (unpaired) electrons. The smallest absolute Gasteiger partial charge is 0.273 e. The number of nitrogens with zero attached hydrogens (tertiary/aromatic N) is 5. The molecule has 1 atom stereocenters. The molecular weight excluding hydrogens is 326 g/mol. The molecule has 24 heavy (non-hydrogen) atoms. The molecule has 1 saturated heterocycles. The van der Waals surface area contributed by atoms with Crippen LogP contribution >= 0.6 is 11.3 Å². The Morgan fingerprint density at radius 1 is 1.42 bits per heavy atom. The maximum absolute atomic E-state index is 12.2. The molecule has 130 valence electrons. The molecule has 0 bridgehead atoms. The predicted octanol–water partition coefficient (Wildman–Crippen LogP) is 0.000800. The Morgan fingerprint density at radius 3 is 3.00 bits per heavy atom. The van der Waals surface area contributed by atoms with Crippen LogP contribution in [-0.4, -0.2) is 69.6 Å². The summed E-state index contributed by atoms with van der Waals surface area (Å²) in [7, 11) is 0. The molecule has 0 aliphatic carbocycles. The number of carbonyl (C=O) groups excluding carboxylic acids is 1. The second-order valence-electron chi connectivity index (χ2n) is 6.00. The van der Waals surface area contributed by atoms with Gasteiger partial charge in [-0.05, 0) is 6.92 Å². The van der Waals surface area contributed by atoms with E-state index in [1.807, 2.05) is 13.1 Å². The van der Waals surface area contributed by atoms with E-state index in [1.54, 1.807) is 27.7 Å². The third kappa shape index (κ3) is 4.83. The lowest BCUT2D eigenvalue weighted by Crippen LogP contribution is -2.44. The molecular formula is C15H23N7OS. The van der Waals surface area contributed by atoms with E-state index in [9.17, 15) is 4.79 Å². The van der Waals surface area contributed by atoms with Crippen molar-refractivity contribution in [3.8, 4) is 0 Å². The lowest BCUT2D eigenvalue weighted by Gasteiger charge is -2.26. The van der Waals surface area contributed by atoms with Crippen LogP contribution in [0.25, 0.3) is 0 Å². The van der Waals surface area contributed by atoms with E-state index in [2.05, 4.69) is 30.8 Å². The molecule has 1 amide bonds. The van der Waals surface area contributed by atoms with Crippen LogP contribution in [0.5, 0.6) is 0 Å². The van der Waals surface area contributed by atoms with Crippen LogP contribution in [0.3, 0.4) is 0 Å². The van der Waals surface area contributed by atoms with Gasteiger partial charge in [-0.3, -0.25) is 19.4 Å². The molecule has 1 fully saturated rings. The number of aromatic nitrogens is 4. The maximum atomic E-state index is 12.2. The van der Waals surface area contributed by atoms with Gasteiger partial charge >= 0.3 is 0 Å². The first-order valence-electron chi connectivity index (χ1n) is 8.22. The first-order chi connectivity index (χ1) is 11.7. The molecule has 3 heterocycles. The van der Waals surface area contributed by atoms with Crippen molar-refractivity contribution in [3.63, 3.8) is 0 Å². The van der Waals surface area contributed by atoms with Gasteiger partial charge in [-0.15, -0.1) is 16.4 Å². The van der Waals surface area contributed by atoms with Crippen LogP contribution in [-0.2, 0) is 13.0 Å². The van der Waals surface area contributed by atoms with Crippen LogP contribution < -0.4 is 10.6 Å². The fourth-order valence-electron chi connectivity index (χ4n) is 2.68. The second-order valence-corrected chi connectivity index (χ2v) is 6.98. The van der Waals surface area contributed by atoms with Gasteiger partial charge in [-0.2, -0.15) is 0 Å². The number of piperazine rings is 1. The van der Waals surface area contributed by atoms with Crippen LogP contribution in [0.15, 0.2) is 17.9 Å². The van der Waals surface area contributed by atoms with Gasteiger partial charge in [0.15, 0.2) is 5.69 Å².